The van der Waals surface area contributed by atoms with Gasteiger partial charge in [-0.25, -0.2) is 0 Å². The molecule has 29 heavy (non-hydrogen) atoms. The van der Waals surface area contributed by atoms with Crippen LogP contribution in [0, 0.1) is 0 Å². The summed E-state index contributed by atoms with van der Waals surface area (Å²) in [6.07, 6.45) is 5.82. The number of nitrogen functional groups attached to an aromatic ring is 2. The number of carbonyl (C=O) groups is 1. The van der Waals surface area contributed by atoms with E-state index in [0.717, 1.165) is 26.1 Å². The summed E-state index contributed by atoms with van der Waals surface area (Å²) in [6, 6.07) is 12.3. The maximum Gasteiger partial charge on any atom is 0.196 e. The van der Waals surface area contributed by atoms with Crippen LogP contribution in [0.3, 0.4) is 0 Å². The van der Waals surface area contributed by atoms with Gasteiger partial charge in [-0.05, 0) is 62.7 Å². The Morgan fingerprint density at radius 1 is 0.897 bits per heavy atom. The zero-order valence-electron chi connectivity index (χ0n) is 17.8. The SMILES string of the molecule is CCCCN(CCCC)CCCOc1ccccc1C(=O)c1ccc(N)c(N)c1. The van der Waals surface area contributed by atoms with Crippen molar-refractivity contribution >= 4 is 17.2 Å². The van der Waals surface area contributed by atoms with Crippen molar-refractivity contribution in [2.45, 2.75) is 46.0 Å². The van der Waals surface area contributed by atoms with E-state index >= 15 is 0 Å². The standard InChI is InChI=1S/C24H35N3O2/c1-3-5-14-27(15-6-4-2)16-9-17-29-23-11-8-7-10-20(23)24(28)19-12-13-21(25)22(26)18-19/h7-8,10-13,18H,3-6,9,14-17,25-26H2,1-2H3. The number of unbranched alkanes of at least 4 members (excludes halogenated alkanes) is 2. The predicted octanol–water partition coefficient (Wildman–Crippen LogP) is 4.75. The highest BCUT2D eigenvalue weighted by Crippen LogP contribution is 2.24. The number of hydrogen-bond acceptors (Lipinski definition) is 5. The Balaban J connectivity index is 1.96. The number of ether oxygens (including phenoxy) is 1. The molecule has 0 saturated carbocycles. The van der Waals surface area contributed by atoms with E-state index < -0.39 is 0 Å². The number of benzene rings is 2. The summed E-state index contributed by atoms with van der Waals surface area (Å²) >= 11 is 0. The Kier molecular flexibility index (Phi) is 9.51. The Hall–Kier alpha value is -2.53. The van der Waals surface area contributed by atoms with E-state index in [0.29, 0.717) is 34.9 Å². The molecule has 0 aliphatic carbocycles. The summed E-state index contributed by atoms with van der Waals surface area (Å²) in [5.41, 5.74) is 13.6. The maximum atomic E-state index is 12.9. The molecule has 0 atom stereocenters. The minimum atomic E-state index is -0.111. The van der Waals surface area contributed by atoms with Crippen LogP contribution in [0.25, 0.3) is 0 Å². The lowest BCUT2D eigenvalue weighted by Gasteiger charge is -2.22. The molecule has 158 valence electrons. The fourth-order valence-electron chi connectivity index (χ4n) is 3.22. The zero-order valence-corrected chi connectivity index (χ0v) is 17.8. The number of hydrogen-bond donors (Lipinski definition) is 2. The van der Waals surface area contributed by atoms with Crippen molar-refractivity contribution in [2.75, 3.05) is 37.7 Å². The number of ketones is 1. The van der Waals surface area contributed by atoms with Crippen molar-refractivity contribution in [1.82, 2.24) is 4.90 Å². The zero-order chi connectivity index (χ0) is 21.1. The molecule has 0 amide bonds. The number of nitrogens with two attached hydrogens (primary N) is 2. The van der Waals surface area contributed by atoms with E-state index in [9.17, 15) is 4.79 Å². The molecular formula is C24H35N3O2. The van der Waals surface area contributed by atoms with Crippen molar-refractivity contribution in [2.24, 2.45) is 0 Å². The third-order valence-corrected chi connectivity index (χ3v) is 5.01. The van der Waals surface area contributed by atoms with Crippen molar-refractivity contribution < 1.29 is 9.53 Å². The number of rotatable bonds is 13. The third-order valence-electron chi connectivity index (χ3n) is 5.01. The minimum absolute atomic E-state index is 0.111. The van der Waals surface area contributed by atoms with Crippen LogP contribution in [0.1, 0.15) is 61.9 Å². The van der Waals surface area contributed by atoms with E-state index in [2.05, 4.69) is 18.7 Å². The maximum absolute atomic E-state index is 12.9. The van der Waals surface area contributed by atoms with E-state index in [1.54, 1.807) is 24.3 Å². The summed E-state index contributed by atoms with van der Waals surface area (Å²) in [4.78, 5) is 15.4. The van der Waals surface area contributed by atoms with Crippen LogP contribution in [-0.4, -0.2) is 36.9 Å². The van der Waals surface area contributed by atoms with Gasteiger partial charge in [0.05, 0.1) is 23.5 Å². The molecule has 0 fully saturated rings. The molecule has 0 spiro atoms. The van der Waals surface area contributed by atoms with Crippen molar-refractivity contribution in [3.63, 3.8) is 0 Å². The summed E-state index contributed by atoms with van der Waals surface area (Å²) in [5.74, 6) is 0.501. The molecule has 0 bridgehead atoms. The topological polar surface area (TPSA) is 81.6 Å². The first-order valence-electron chi connectivity index (χ1n) is 10.7. The molecule has 0 radical (unpaired) electrons. The molecular weight excluding hydrogens is 362 g/mol. The Morgan fingerprint density at radius 2 is 1.55 bits per heavy atom. The molecule has 0 unspecified atom stereocenters. The van der Waals surface area contributed by atoms with Gasteiger partial charge in [-0.2, -0.15) is 0 Å². The van der Waals surface area contributed by atoms with Crippen LogP contribution in [-0.2, 0) is 0 Å². The van der Waals surface area contributed by atoms with Crippen LogP contribution < -0.4 is 16.2 Å². The van der Waals surface area contributed by atoms with Crippen LogP contribution in [0.2, 0.25) is 0 Å². The van der Waals surface area contributed by atoms with Crippen molar-refractivity contribution in [3.05, 3.63) is 53.6 Å². The Labute approximate surface area is 175 Å². The first-order chi connectivity index (χ1) is 14.1. The monoisotopic (exact) mass is 397 g/mol. The molecule has 5 heteroatoms. The molecule has 0 heterocycles. The van der Waals surface area contributed by atoms with Gasteiger partial charge in [-0.3, -0.25) is 4.79 Å². The number of anilines is 2. The van der Waals surface area contributed by atoms with E-state index in [1.807, 2.05) is 18.2 Å². The highest BCUT2D eigenvalue weighted by molar-refractivity contribution is 6.11. The fraction of sp³-hybridized carbons (Fsp3) is 0.458. The fourth-order valence-corrected chi connectivity index (χ4v) is 3.22. The molecule has 0 aliphatic heterocycles. The first-order valence-corrected chi connectivity index (χ1v) is 10.7. The highest BCUT2D eigenvalue weighted by Gasteiger charge is 2.15. The molecule has 4 N–H and O–H groups in total. The molecule has 2 aromatic rings. The average Bonchev–Trinajstić information content (AvgIpc) is 2.74. The van der Waals surface area contributed by atoms with E-state index in [1.165, 1.54) is 25.7 Å². The number of carbonyl (C=O) groups excluding carboxylic acids is 1. The summed E-state index contributed by atoms with van der Waals surface area (Å²) < 4.78 is 5.99. The van der Waals surface area contributed by atoms with Gasteiger partial charge in [0.25, 0.3) is 0 Å². The normalized spacial score (nSPS) is 11.0. The van der Waals surface area contributed by atoms with Gasteiger partial charge >= 0.3 is 0 Å². The van der Waals surface area contributed by atoms with Gasteiger partial charge < -0.3 is 21.1 Å². The van der Waals surface area contributed by atoms with Crippen molar-refractivity contribution in [3.8, 4) is 5.75 Å². The van der Waals surface area contributed by atoms with E-state index in [4.69, 9.17) is 16.2 Å². The number of para-hydroxylation sites is 1. The van der Waals surface area contributed by atoms with Crippen LogP contribution in [0.4, 0.5) is 11.4 Å². The van der Waals surface area contributed by atoms with Gasteiger partial charge in [0.1, 0.15) is 5.75 Å². The lowest BCUT2D eigenvalue weighted by molar-refractivity contribution is 0.103. The van der Waals surface area contributed by atoms with Gasteiger partial charge in [0.2, 0.25) is 0 Å². The summed E-state index contributed by atoms with van der Waals surface area (Å²) in [7, 11) is 0. The largest absolute Gasteiger partial charge is 0.493 e. The van der Waals surface area contributed by atoms with Gasteiger partial charge in [0.15, 0.2) is 5.78 Å². The summed E-state index contributed by atoms with van der Waals surface area (Å²) in [6.45, 7) is 8.34. The molecule has 0 saturated heterocycles. The lowest BCUT2D eigenvalue weighted by atomic mass is 10.0. The Morgan fingerprint density at radius 3 is 2.21 bits per heavy atom. The predicted molar refractivity (Wildman–Crippen MR) is 122 cm³/mol. The van der Waals surface area contributed by atoms with Crippen LogP contribution >= 0.6 is 0 Å². The average molecular weight is 398 g/mol. The van der Waals surface area contributed by atoms with E-state index in [-0.39, 0.29) is 5.78 Å². The smallest absolute Gasteiger partial charge is 0.196 e. The highest BCUT2D eigenvalue weighted by atomic mass is 16.5. The van der Waals surface area contributed by atoms with Crippen LogP contribution in [0.15, 0.2) is 42.5 Å². The summed E-state index contributed by atoms with van der Waals surface area (Å²) in [5, 5.41) is 0. The van der Waals surface area contributed by atoms with Crippen LogP contribution in [0.5, 0.6) is 5.75 Å². The lowest BCUT2D eigenvalue weighted by Crippen LogP contribution is -2.28. The molecule has 5 nitrogen and oxygen atoms in total. The molecule has 2 rings (SSSR count). The first kappa shape index (κ1) is 22.8. The second kappa shape index (κ2) is 12.1. The second-order valence-corrected chi connectivity index (χ2v) is 7.42. The van der Waals surface area contributed by atoms with Gasteiger partial charge in [-0.1, -0.05) is 38.8 Å². The number of nitrogens with zero attached hydrogens (tertiary/aromatic N) is 1. The quantitative estimate of drug-likeness (QED) is 0.289. The Bertz CT molecular complexity index is 768. The second-order valence-electron chi connectivity index (χ2n) is 7.42. The molecule has 0 aliphatic rings. The van der Waals surface area contributed by atoms with Gasteiger partial charge in [-0.15, -0.1) is 0 Å². The van der Waals surface area contributed by atoms with Crippen molar-refractivity contribution in [1.29, 1.82) is 0 Å². The van der Waals surface area contributed by atoms with Gasteiger partial charge in [0, 0.05) is 12.1 Å². The minimum Gasteiger partial charge on any atom is -0.493 e. The molecule has 2 aromatic carbocycles. The third kappa shape index (κ3) is 7.09. The molecule has 0 aromatic heterocycles.